The molecule has 2 amide bonds. The van der Waals surface area contributed by atoms with Gasteiger partial charge in [0.05, 0.1) is 11.9 Å². The highest BCUT2D eigenvalue weighted by Gasteiger charge is 2.24. The Morgan fingerprint density at radius 3 is 2.77 bits per heavy atom. The van der Waals surface area contributed by atoms with E-state index in [4.69, 9.17) is 0 Å². The first kappa shape index (κ1) is 16.5. The molecule has 1 aliphatic rings. The summed E-state index contributed by atoms with van der Waals surface area (Å²) < 4.78 is 26.1. The maximum atomic E-state index is 12.1. The maximum Gasteiger partial charge on any atom is 0.267 e. The quantitative estimate of drug-likeness (QED) is 0.826. The van der Waals surface area contributed by atoms with E-state index in [1.54, 1.807) is 6.92 Å². The molecule has 2 rings (SSSR count). The van der Waals surface area contributed by atoms with Gasteiger partial charge in [0.2, 0.25) is 5.91 Å². The molecule has 22 heavy (non-hydrogen) atoms. The molecule has 0 aliphatic carbocycles. The van der Waals surface area contributed by atoms with Crippen LogP contribution in [0.25, 0.3) is 0 Å². The van der Waals surface area contributed by atoms with Gasteiger partial charge in [-0.2, -0.15) is 5.10 Å². The molecule has 8 nitrogen and oxygen atoms in total. The SMILES string of the molecule is Cc1[nH]ncc1S(=O)(=O)NC(=O)CN1CCCCCCC1=O. The predicted molar refractivity (Wildman–Crippen MR) is 78.3 cm³/mol. The lowest BCUT2D eigenvalue weighted by Gasteiger charge is -2.24. The Morgan fingerprint density at radius 1 is 1.36 bits per heavy atom. The topological polar surface area (TPSA) is 112 Å². The molecule has 1 saturated heterocycles. The first-order valence-electron chi connectivity index (χ1n) is 7.23. The summed E-state index contributed by atoms with van der Waals surface area (Å²) >= 11 is 0. The normalized spacial score (nSPS) is 17.0. The number of hydrogen-bond donors (Lipinski definition) is 2. The van der Waals surface area contributed by atoms with Crippen LogP contribution in [0.15, 0.2) is 11.1 Å². The van der Waals surface area contributed by atoms with Crippen LogP contribution in [0.1, 0.15) is 37.8 Å². The highest BCUT2D eigenvalue weighted by Crippen LogP contribution is 2.13. The molecule has 1 aromatic rings. The lowest BCUT2D eigenvalue weighted by molar-refractivity contribution is -0.136. The molecular formula is C13H20N4O4S. The van der Waals surface area contributed by atoms with E-state index in [0.29, 0.717) is 18.7 Å². The van der Waals surface area contributed by atoms with Gasteiger partial charge < -0.3 is 4.90 Å². The Morgan fingerprint density at radius 2 is 2.09 bits per heavy atom. The van der Waals surface area contributed by atoms with Crippen LogP contribution in [0, 0.1) is 6.92 Å². The molecule has 2 heterocycles. The molecule has 122 valence electrons. The summed E-state index contributed by atoms with van der Waals surface area (Å²) in [5, 5.41) is 6.13. The van der Waals surface area contributed by atoms with Gasteiger partial charge in [0.25, 0.3) is 15.9 Å². The average Bonchev–Trinajstić information content (AvgIpc) is 2.85. The van der Waals surface area contributed by atoms with Gasteiger partial charge in [-0.25, -0.2) is 13.1 Å². The van der Waals surface area contributed by atoms with Crippen molar-refractivity contribution in [3.63, 3.8) is 0 Å². The lowest BCUT2D eigenvalue weighted by Crippen LogP contribution is -2.43. The van der Waals surface area contributed by atoms with Crippen molar-refractivity contribution >= 4 is 21.8 Å². The third kappa shape index (κ3) is 4.06. The van der Waals surface area contributed by atoms with E-state index in [1.165, 1.54) is 4.90 Å². The van der Waals surface area contributed by atoms with E-state index >= 15 is 0 Å². The summed E-state index contributed by atoms with van der Waals surface area (Å²) in [5.41, 5.74) is 0.350. The third-order valence-electron chi connectivity index (χ3n) is 3.58. The second-order valence-corrected chi connectivity index (χ2v) is 7.02. The number of rotatable bonds is 4. The van der Waals surface area contributed by atoms with Gasteiger partial charge >= 0.3 is 0 Å². The number of nitrogens with zero attached hydrogens (tertiary/aromatic N) is 2. The summed E-state index contributed by atoms with van der Waals surface area (Å²) in [5.74, 6) is -0.818. The van der Waals surface area contributed by atoms with Crippen molar-refractivity contribution in [3.8, 4) is 0 Å². The fourth-order valence-electron chi connectivity index (χ4n) is 2.40. The Bertz CT molecular complexity index is 653. The van der Waals surface area contributed by atoms with Crippen molar-refractivity contribution in [2.75, 3.05) is 13.1 Å². The number of sulfonamides is 1. The summed E-state index contributed by atoms with van der Waals surface area (Å²) in [6.07, 6.45) is 5.21. The minimum absolute atomic E-state index is 0.0696. The van der Waals surface area contributed by atoms with Crippen molar-refractivity contribution in [1.82, 2.24) is 19.8 Å². The fourth-order valence-corrected chi connectivity index (χ4v) is 3.52. The van der Waals surface area contributed by atoms with Gasteiger partial charge in [-0.15, -0.1) is 0 Å². The highest BCUT2D eigenvalue weighted by atomic mass is 32.2. The minimum Gasteiger partial charge on any atom is -0.333 e. The molecule has 0 spiro atoms. The zero-order valence-electron chi connectivity index (χ0n) is 12.5. The standard InChI is InChI=1S/C13H20N4O4S/c1-10-11(8-14-15-10)22(20,21)16-12(18)9-17-7-5-3-2-4-6-13(17)19/h8H,2-7,9H2,1H3,(H,14,15)(H,16,18). The molecule has 0 unspecified atom stereocenters. The number of amides is 2. The van der Waals surface area contributed by atoms with Crippen LogP contribution >= 0.6 is 0 Å². The molecule has 0 atom stereocenters. The zero-order chi connectivity index (χ0) is 16.2. The second kappa shape index (κ2) is 6.91. The van der Waals surface area contributed by atoms with Crippen LogP contribution in [-0.2, 0) is 19.6 Å². The molecule has 1 aromatic heterocycles. The van der Waals surface area contributed by atoms with Gasteiger partial charge in [0.15, 0.2) is 0 Å². The number of H-pyrrole nitrogens is 1. The molecule has 0 radical (unpaired) electrons. The lowest BCUT2D eigenvalue weighted by atomic mass is 10.1. The van der Waals surface area contributed by atoms with E-state index in [1.807, 2.05) is 4.72 Å². The van der Waals surface area contributed by atoms with Gasteiger partial charge in [0, 0.05) is 13.0 Å². The van der Waals surface area contributed by atoms with E-state index in [9.17, 15) is 18.0 Å². The van der Waals surface area contributed by atoms with Crippen molar-refractivity contribution in [2.24, 2.45) is 0 Å². The van der Waals surface area contributed by atoms with E-state index in [0.717, 1.165) is 31.9 Å². The monoisotopic (exact) mass is 328 g/mol. The number of carbonyl (C=O) groups is 2. The summed E-state index contributed by atoms with van der Waals surface area (Å²) in [6.45, 7) is 1.79. The number of aromatic amines is 1. The number of carbonyl (C=O) groups excluding carboxylic acids is 2. The van der Waals surface area contributed by atoms with Crippen LogP contribution in [0.2, 0.25) is 0 Å². The number of aromatic nitrogens is 2. The first-order valence-corrected chi connectivity index (χ1v) is 8.72. The molecule has 0 bridgehead atoms. The maximum absolute atomic E-state index is 12.1. The van der Waals surface area contributed by atoms with Crippen LogP contribution in [0.4, 0.5) is 0 Å². The van der Waals surface area contributed by atoms with E-state index in [2.05, 4.69) is 10.2 Å². The van der Waals surface area contributed by atoms with Gasteiger partial charge in [-0.05, 0) is 19.8 Å². The van der Waals surface area contributed by atoms with Crippen LogP contribution in [0.5, 0.6) is 0 Å². The van der Waals surface area contributed by atoms with Crippen LogP contribution in [-0.4, -0.2) is 48.4 Å². The fraction of sp³-hybridized carbons (Fsp3) is 0.615. The van der Waals surface area contributed by atoms with Crippen molar-refractivity contribution in [2.45, 2.75) is 43.9 Å². The Balaban J connectivity index is 2.00. The summed E-state index contributed by atoms with van der Waals surface area (Å²) in [4.78, 5) is 25.2. The smallest absolute Gasteiger partial charge is 0.267 e. The zero-order valence-corrected chi connectivity index (χ0v) is 13.3. The summed E-state index contributed by atoms with van der Waals surface area (Å²) in [6, 6.07) is 0. The number of hydrogen-bond acceptors (Lipinski definition) is 5. The number of likely N-dealkylation sites (tertiary alicyclic amines) is 1. The molecule has 2 N–H and O–H groups in total. The number of aryl methyl sites for hydroxylation is 1. The third-order valence-corrected chi connectivity index (χ3v) is 5.06. The summed E-state index contributed by atoms with van der Waals surface area (Å²) in [7, 11) is -3.96. The van der Waals surface area contributed by atoms with Crippen molar-refractivity contribution in [3.05, 3.63) is 11.9 Å². The van der Waals surface area contributed by atoms with Crippen molar-refractivity contribution < 1.29 is 18.0 Å². The second-order valence-electron chi connectivity index (χ2n) is 5.37. The molecule has 1 fully saturated rings. The molecule has 0 saturated carbocycles. The van der Waals surface area contributed by atoms with Gasteiger partial charge in [0.1, 0.15) is 11.4 Å². The molecular weight excluding hydrogens is 308 g/mol. The first-order chi connectivity index (χ1) is 10.4. The van der Waals surface area contributed by atoms with E-state index < -0.39 is 15.9 Å². The molecule has 0 aromatic carbocycles. The highest BCUT2D eigenvalue weighted by molar-refractivity contribution is 7.90. The van der Waals surface area contributed by atoms with Crippen LogP contribution < -0.4 is 4.72 Å². The largest absolute Gasteiger partial charge is 0.333 e. The minimum atomic E-state index is -3.96. The Labute approximate surface area is 129 Å². The molecule has 9 heteroatoms. The predicted octanol–water partition coefficient (Wildman–Crippen LogP) is 0.316. The molecule has 1 aliphatic heterocycles. The van der Waals surface area contributed by atoms with E-state index in [-0.39, 0.29) is 17.3 Å². The Hall–Kier alpha value is -1.90. The Kier molecular flexibility index (Phi) is 5.17. The number of nitrogens with one attached hydrogen (secondary N) is 2. The van der Waals surface area contributed by atoms with Crippen molar-refractivity contribution in [1.29, 1.82) is 0 Å². The van der Waals surface area contributed by atoms with Gasteiger partial charge in [-0.1, -0.05) is 12.8 Å². The van der Waals surface area contributed by atoms with Crippen LogP contribution in [0.3, 0.4) is 0 Å². The average molecular weight is 328 g/mol. The van der Waals surface area contributed by atoms with Gasteiger partial charge in [-0.3, -0.25) is 14.7 Å².